The smallest absolute Gasteiger partial charge is 0.234 e. The van der Waals surface area contributed by atoms with Gasteiger partial charge in [-0.05, 0) is 51.6 Å². The van der Waals surface area contributed by atoms with Gasteiger partial charge in [0.15, 0.2) is 0 Å². The van der Waals surface area contributed by atoms with Crippen LogP contribution < -0.4 is 5.73 Å². The maximum atomic E-state index is 12.5. The summed E-state index contributed by atoms with van der Waals surface area (Å²) in [7, 11) is 0. The van der Waals surface area contributed by atoms with Crippen molar-refractivity contribution in [2.24, 2.45) is 5.73 Å². The Hall–Kier alpha value is -1.18. The van der Waals surface area contributed by atoms with Gasteiger partial charge in [-0.3, -0.25) is 14.5 Å². The highest BCUT2D eigenvalue weighted by atomic mass is 16.3. The summed E-state index contributed by atoms with van der Waals surface area (Å²) in [5.74, 6) is -0.372. The summed E-state index contributed by atoms with van der Waals surface area (Å²) in [5, 5.41) is 9.74. The number of piperidine rings is 3. The van der Waals surface area contributed by atoms with Gasteiger partial charge in [0.1, 0.15) is 0 Å². The van der Waals surface area contributed by atoms with Gasteiger partial charge in [-0.1, -0.05) is 6.42 Å². The Morgan fingerprint density at radius 1 is 1.00 bits per heavy atom. The van der Waals surface area contributed by atoms with E-state index in [4.69, 9.17) is 5.73 Å². The molecule has 0 bridgehead atoms. The second-order valence-electron chi connectivity index (χ2n) is 7.95. The van der Waals surface area contributed by atoms with E-state index in [2.05, 4.69) is 4.90 Å². The minimum absolute atomic E-state index is 0.0523. The molecule has 7 nitrogen and oxygen atoms in total. The first kappa shape index (κ1) is 19.6. The molecule has 0 aromatic rings. The van der Waals surface area contributed by atoms with Crippen LogP contribution in [0.4, 0.5) is 0 Å². The van der Waals surface area contributed by atoms with E-state index in [9.17, 15) is 14.7 Å². The van der Waals surface area contributed by atoms with Crippen LogP contribution in [0.3, 0.4) is 0 Å². The molecule has 0 saturated carbocycles. The summed E-state index contributed by atoms with van der Waals surface area (Å²) < 4.78 is 0. The molecule has 3 fully saturated rings. The van der Waals surface area contributed by atoms with Gasteiger partial charge in [0.25, 0.3) is 0 Å². The summed E-state index contributed by atoms with van der Waals surface area (Å²) in [6, 6.07) is 0.148. The van der Waals surface area contributed by atoms with Crippen LogP contribution in [0.1, 0.15) is 44.9 Å². The van der Waals surface area contributed by atoms with Crippen LogP contribution in [-0.4, -0.2) is 89.1 Å². The number of carbonyl (C=O) groups excluding carboxylic acids is 2. The third-order valence-electron chi connectivity index (χ3n) is 6.20. The summed E-state index contributed by atoms with van der Waals surface area (Å²) in [4.78, 5) is 30.6. The fourth-order valence-electron chi connectivity index (χ4n) is 4.57. The molecule has 26 heavy (non-hydrogen) atoms. The molecule has 147 valence electrons. The van der Waals surface area contributed by atoms with Crippen molar-refractivity contribution < 1.29 is 14.7 Å². The van der Waals surface area contributed by atoms with Crippen LogP contribution in [0.2, 0.25) is 0 Å². The van der Waals surface area contributed by atoms with Crippen molar-refractivity contribution in [1.82, 2.24) is 14.7 Å². The van der Waals surface area contributed by atoms with Gasteiger partial charge in [-0.15, -0.1) is 0 Å². The zero-order chi connectivity index (χ0) is 18.5. The quantitative estimate of drug-likeness (QED) is 0.715. The van der Waals surface area contributed by atoms with Crippen LogP contribution in [-0.2, 0) is 9.59 Å². The highest BCUT2D eigenvalue weighted by Crippen LogP contribution is 2.22. The minimum Gasteiger partial charge on any atom is -0.393 e. The van der Waals surface area contributed by atoms with Crippen LogP contribution in [0.25, 0.3) is 0 Å². The fraction of sp³-hybridized carbons (Fsp3) is 0.842. The molecule has 3 aliphatic rings. The Balaban J connectivity index is 1.42. The average Bonchev–Trinajstić information content (AvgIpc) is 2.67. The highest BCUT2D eigenvalue weighted by molar-refractivity contribution is 5.85. The molecule has 3 saturated heterocycles. The van der Waals surface area contributed by atoms with Gasteiger partial charge in [0.05, 0.1) is 18.6 Å². The summed E-state index contributed by atoms with van der Waals surface area (Å²) in [5.41, 5.74) is 5.45. The zero-order valence-electron chi connectivity index (χ0n) is 15.7. The number of likely N-dealkylation sites (tertiary alicyclic amines) is 3. The molecule has 3 heterocycles. The van der Waals surface area contributed by atoms with Gasteiger partial charge in [0.2, 0.25) is 11.8 Å². The van der Waals surface area contributed by atoms with E-state index in [0.717, 1.165) is 25.9 Å². The number of hydrogen-bond donors (Lipinski definition) is 2. The largest absolute Gasteiger partial charge is 0.393 e. The number of rotatable bonds is 5. The lowest BCUT2D eigenvalue weighted by atomic mass is 9.98. The molecular formula is C19H33N4O3. The van der Waals surface area contributed by atoms with Gasteiger partial charge in [0, 0.05) is 32.2 Å². The predicted octanol–water partition coefficient (Wildman–Crippen LogP) is -0.0218. The number of nitrogens with zero attached hydrogens (tertiary/aromatic N) is 3. The SMILES string of the molecule is NC(=O)C1CC(O)CCN1C[CH]C(=O)N1CCC(N2CCCCC2)CC1. The molecule has 0 aromatic heterocycles. The number of aliphatic hydroxyl groups excluding tert-OH is 1. The molecule has 0 spiro atoms. The van der Waals surface area contributed by atoms with Gasteiger partial charge in [-0.25, -0.2) is 0 Å². The number of amides is 2. The molecule has 0 aliphatic carbocycles. The van der Waals surface area contributed by atoms with Crippen molar-refractivity contribution in [3.63, 3.8) is 0 Å². The van der Waals surface area contributed by atoms with Gasteiger partial charge < -0.3 is 20.6 Å². The number of primary amides is 1. The molecule has 3 N–H and O–H groups in total. The van der Waals surface area contributed by atoms with Crippen molar-refractivity contribution in [1.29, 1.82) is 0 Å². The normalized spacial score (nSPS) is 29.7. The lowest BCUT2D eigenvalue weighted by Gasteiger charge is -2.40. The molecule has 0 aromatic carbocycles. The second kappa shape index (κ2) is 9.15. The monoisotopic (exact) mass is 365 g/mol. The Kier molecular flexibility index (Phi) is 6.89. The summed E-state index contributed by atoms with van der Waals surface area (Å²) in [6.45, 7) is 5.06. The molecule has 3 aliphatic heterocycles. The molecule has 7 heteroatoms. The maximum absolute atomic E-state index is 12.5. The molecule has 2 unspecified atom stereocenters. The van der Waals surface area contributed by atoms with Crippen LogP contribution in [0.5, 0.6) is 0 Å². The molecule has 1 radical (unpaired) electrons. The molecule has 2 atom stereocenters. The number of aliphatic hydroxyl groups is 1. The van der Waals surface area contributed by atoms with E-state index in [0.29, 0.717) is 32.0 Å². The topological polar surface area (TPSA) is 90.1 Å². The van der Waals surface area contributed by atoms with Crippen molar-refractivity contribution >= 4 is 11.8 Å². The van der Waals surface area contributed by atoms with Gasteiger partial charge in [-0.2, -0.15) is 0 Å². The lowest BCUT2D eigenvalue weighted by Crippen LogP contribution is -2.52. The van der Waals surface area contributed by atoms with E-state index < -0.39 is 18.1 Å². The van der Waals surface area contributed by atoms with Crippen molar-refractivity contribution in [2.45, 2.75) is 63.1 Å². The second-order valence-corrected chi connectivity index (χ2v) is 7.95. The average molecular weight is 365 g/mol. The molecule has 3 rings (SSSR count). The Morgan fingerprint density at radius 3 is 2.35 bits per heavy atom. The Labute approximate surface area is 156 Å². The minimum atomic E-state index is -0.479. The third kappa shape index (κ3) is 4.96. The molecule has 2 amide bonds. The first-order chi connectivity index (χ1) is 12.5. The van der Waals surface area contributed by atoms with Crippen molar-refractivity contribution in [2.75, 3.05) is 39.3 Å². The van der Waals surface area contributed by atoms with E-state index >= 15 is 0 Å². The van der Waals surface area contributed by atoms with Crippen molar-refractivity contribution in [3.8, 4) is 0 Å². The zero-order valence-corrected chi connectivity index (χ0v) is 15.7. The van der Waals surface area contributed by atoms with Gasteiger partial charge >= 0.3 is 0 Å². The standard InChI is InChI=1S/C19H33N4O3/c20-19(26)17-14-16(24)6-12-22(17)13-7-18(25)23-10-4-15(5-11-23)21-8-2-1-3-9-21/h7,15-17,24H,1-6,8-14H2,(H2,20,26). The summed E-state index contributed by atoms with van der Waals surface area (Å²) in [6.07, 6.45) is 8.24. The number of carbonyl (C=O) groups is 2. The van der Waals surface area contributed by atoms with Crippen LogP contribution >= 0.6 is 0 Å². The van der Waals surface area contributed by atoms with Crippen molar-refractivity contribution in [3.05, 3.63) is 6.42 Å². The first-order valence-electron chi connectivity index (χ1n) is 10.1. The Bertz CT molecular complexity index is 487. The number of hydrogen-bond acceptors (Lipinski definition) is 5. The van der Waals surface area contributed by atoms with E-state index in [1.165, 1.54) is 32.4 Å². The molecular weight excluding hydrogens is 332 g/mol. The summed E-state index contributed by atoms with van der Waals surface area (Å²) >= 11 is 0. The lowest BCUT2D eigenvalue weighted by molar-refractivity contribution is -0.131. The maximum Gasteiger partial charge on any atom is 0.234 e. The highest BCUT2D eigenvalue weighted by Gasteiger charge is 2.32. The Morgan fingerprint density at radius 2 is 1.69 bits per heavy atom. The van der Waals surface area contributed by atoms with Crippen LogP contribution in [0.15, 0.2) is 0 Å². The first-order valence-corrected chi connectivity index (χ1v) is 10.1. The predicted molar refractivity (Wildman–Crippen MR) is 99.1 cm³/mol. The fourth-order valence-corrected chi connectivity index (χ4v) is 4.57. The third-order valence-corrected chi connectivity index (χ3v) is 6.20. The van der Waals surface area contributed by atoms with E-state index in [-0.39, 0.29) is 5.91 Å². The number of nitrogens with two attached hydrogens (primary N) is 1. The van der Waals surface area contributed by atoms with Crippen LogP contribution in [0, 0.1) is 6.42 Å². The van der Waals surface area contributed by atoms with E-state index in [1.54, 1.807) is 6.42 Å². The van der Waals surface area contributed by atoms with E-state index in [1.807, 2.05) is 9.80 Å².